The van der Waals surface area contributed by atoms with E-state index in [0.29, 0.717) is 5.71 Å². The molecule has 1 radical (unpaired) electrons. The van der Waals surface area contributed by atoms with Gasteiger partial charge < -0.3 is 4.84 Å². The van der Waals surface area contributed by atoms with Crippen LogP contribution < -0.4 is 0 Å². The van der Waals surface area contributed by atoms with Gasteiger partial charge in [-0.25, -0.2) is 4.79 Å². The molecule has 0 aromatic rings. The second kappa shape index (κ2) is 3.18. The monoisotopic (exact) mass is 114 g/mol. The van der Waals surface area contributed by atoms with Gasteiger partial charge in [0.15, 0.2) is 0 Å². The largest absolute Gasteiger partial charge is 0.331 e. The van der Waals surface area contributed by atoms with Gasteiger partial charge in [-0.3, -0.25) is 0 Å². The van der Waals surface area contributed by atoms with Gasteiger partial charge in [0.05, 0.1) is 5.71 Å². The zero-order valence-electron chi connectivity index (χ0n) is 4.97. The summed E-state index contributed by atoms with van der Waals surface area (Å²) in [6.07, 6.45) is 0. The Kier molecular flexibility index (Phi) is 2.84. The summed E-state index contributed by atoms with van der Waals surface area (Å²) >= 11 is 0. The third-order valence-electron chi connectivity index (χ3n) is 0.330. The van der Waals surface area contributed by atoms with Crippen molar-refractivity contribution in [3.8, 4) is 0 Å². The summed E-state index contributed by atoms with van der Waals surface area (Å²) in [5, 5.41) is 3.28. The molecule has 0 saturated carbocycles. The molecule has 0 fully saturated rings. The van der Waals surface area contributed by atoms with E-state index in [-0.39, 0.29) is 0 Å². The summed E-state index contributed by atoms with van der Waals surface area (Å²) in [6, 6.07) is 0. The van der Waals surface area contributed by atoms with Crippen LogP contribution in [-0.2, 0) is 9.63 Å². The number of carbonyl (C=O) groups is 1. The van der Waals surface area contributed by atoms with Crippen molar-refractivity contribution in [1.29, 1.82) is 0 Å². The maximum Gasteiger partial charge on any atom is 0.331 e. The second-order valence-corrected chi connectivity index (χ2v) is 1.41. The topological polar surface area (TPSA) is 38.7 Å². The average Bonchev–Trinajstić information content (AvgIpc) is 1.61. The molecule has 0 N–H and O–H groups in total. The van der Waals surface area contributed by atoms with Gasteiger partial charge >= 0.3 is 5.97 Å². The summed E-state index contributed by atoms with van der Waals surface area (Å²) in [5.41, 5.74) is 0.486. The normalized spacial score (nSPS) is 11.1. The van der Waals surface area contributed by atoms with Crippen LogP contribution in [0.4, 0.5) is 0 Å². The van der Waals surface area contributed by atoms with Crippen LogP contribution in [0, 0.1) is 6.92 Å². The number of rotatable bonds is 1. The van der Waals surface area contributed by atoms with Gasteiger partial charge in [0.25, 0.3) is 0 Å². The van der Waals surface area contributed by atoms with Crippen LogP contribution in [-0.4, -0.2) is 11.7 Å². The van der Waals surface area contributed by atoms with Crippen LogP contribution in [0.25, 0.3) is 0 Å². The molecule has 0 rings (SSSR count). The quantitative estimate of drug-likeness (QED) is 0.287. The molecular formula is C5H8NO2. The molecule has 0 amide bonds. The Bertz CT molecular complexity index is 114. The number of hydrogen-bond donors (Lipinski definition) is 0. The van der Waals surface area contributed by atoms with Crippen molar-refractivity contribution in [2.24, 2.45) is 5.16 Å². The van der Waals surface area contributed by atoms with Gasteiger partial charge in [-0.15, -0.1) is 0 Å². The molecule has 45 valence electrons. The molecule has 3 nitrogen and oxygen atoms in total. The molecule has 0 unspecified atom stereocenters. The first-order chi connectivity index (χ1) is 3.63. The molecule has 0 aromatic carbocycles. The van der Waals surface area contributed by atoms with Gasteiger partial charge in [-0.1, -0.05) is 5.16 Å². The van der Waals surface area contributed by atoms with Crippen LogP contribution in [0.1, 0.15) is 13.8 Å². The highest BCUT2D eigenvalue weighted by Crippen LogP contribution is 1.78. The molecule has 0 aromatic heterocycles. The van der Waals surface area contributed by atoms with Crippen LogP contribution in [0.2, 0.25) is 0 Å². The lowest BCUT2D eigenvalue weighted by Gasteiger charge is -1.87. The molecule has 0 saturated heterocycles. The van der Waals surface area contributed by atoms with Crippen LogP contribution in [0.15, 0.2) is 5.16 Å². The Balaban J connectivity index is 3.45. The minimum atomic E-state index is -0.423. The van der Waals surface area contributed by atoms with E-state index in [0.717, 1.165) is 0 Å². The predicted molar refractivity (Wildman–Crippen MR) is 30.2 cm³/mol. The average molecular weight is 114 g/mol. The SMILES string of the molecule is [CH2]C(C)=NOC(C)=O. The number of hydrogen-bond acceptors (Lipinski definition) is 3. The van der Waals surface area contributed by atoms with Crippen LogP contribution in [0.5, 0.6) is 0 Å². The van der Waals surface area contributed by atoms with E-state index in [4.69, 9.17) is 0 Å². The van der Waals surface area contributed by atoms with Gasteiger partial charge in [-0.2, -0.15) is 0 Å². The highest BCUT2D eigenvalue weighted by molar-refractivity contribution is 5.85. The van der Waals surface area contributed by atoms with Crippen LogP contribution >= 0.6 is 0 Å². The maximum atomic E-state index is 9.99. The van der Waals surface area contributed by atoms with Crippen molar-refractivity contribution >= 4 is 11.7 Å². The number of oxime groups is 1. The minimum absolute atomic E-state index is 0.423. The van der Waals surface area contributed by atoms with E-state index in [1.807, 2.05) is 0 Å². The van der Waals surface area contributed by atoms with E-state index in [2.05, 4.69) is 16.9 Å². The summed E-state index contributed by atoms with van der Waals surface area (Å²) in [5.74, 6) is -0.423. The van der Waals surface area contributed by atoms with Crippen molar-refractivity contribution < 1.29 is 9.63 Å². The number of carbonyl (C=O) groups excluding carboxylic acids is 1. The summed E-state index contributed by atoms with van der Waals surface area (Å²) in [4.78, 5) is 14.2. The zero-order valence-corrected chi connectivity index (χ0v) is 4.97. The summed E-state index contributed by atoms with van der Waals surface area (Å²) in [7, 11) is 0. The Morgan fingerprint density at radius 2 is 2.12 bits per heavy atom. The predicted octanol–water partition coefficient (Wildman–Crippen LogP) is 0.759. The molecule has 0 heterocycles. The lowest BCUT2D eigenvalue weighted by Crippen LogP contribution is -1.93. The number of nitrogens with zero attached hydrogens (tertiary/aromatic N) is 1. The van der Waals surface area contributed by atoms with Crippen molar-refractivity contribution in [2.45, 2.75) is 13.8 Å². The molecule has 3 heteroatoms. The van der Waals surface area contributed by atoms with Gasteiger partial charge in [-0.05, 0) is 13.8 Å². The molecule has 8 heavy (non-hydrogen) atoms. The third-order valence-corrected chi connectivity index (χ3v) is 0.330. The first kappa shape index (κ1) is 7.14. The zero-order chi connectivity index (χ0) is 6.57. The smallest absolute Gasteiger partial charge is 0.319 e. The Morgan fingerprint density at radius 1 is 1.62 bits per heavy atom. The fourth-order valence-corrected chi connectivity index (χ4v) is 0.142. The van der Waals surface area contributed by atoms with Gasteiger partial charge in [0, 0.05) is 6.92 Å². The Labute approximate surface area is 48.3 Å². The summed E-state index contributed by atoms with van der Waals surface area (Å²) < 4.78 is 0. The molecule has 0 atom stereocenters. The van der Waals surface area contributed by atoms with Gasteiger partial charge in [0.2, 0.25) is 0 Å². The maximum absolute atomic E-state index is 9.99. The molecule has 0 spiro atoms. The van der Waals surface area contributed by atoms with E-state index >= 15 is 0 Å². The van der Waals surface area contributed by atoms with E-state index < -0.39 is 5.97 Å². The first-order valence-electron chi connectivity index (χ1n) is 2.17. The lowest BCUT2D eigenvalue weighted by atomic mass is 10.5. The molecule has 0 aliphatic carbocycles. The fourth-order valence-electron chi connectivity index (χ4n) is 0.142. The van der Waals surface area contributed by atoms with E-state index in [1.165, 1.54) is 6.92 Å². The molecule has 0 bridgehead atoms. The highest BCUT2D eigenvalue weighted by atomic mass is 16.7. The third kappa shape index (κ3) is 5.14. The minimum Gasteiger partial charge on any atom is -0.319 e. The van der Waals surface area contributed by atoms with E-state index in [9.17, 15) is 4.79 Å². The highest BCUT2D eigenvalue weighted by Gasteiger charge is 1.86. The van der Waals surface area contributed by atoms with Gasteiger partial charge in [0.1, 0.15) is 0 Å². The fraction of sp³-hybridized carbons (Fsp3) is 0.400. The lowest BCUT2D eigenvalue weighted by molar-refractivity contribution is -0.140. The van der Waals surface area contributed by atoms with Crippen molar-refractivity contribution in [3.05, 3.63) is 6.92 Å². The molecular weight excluding hydrogens is 106 g/mol. The molecule has 0 aliphatic heterocycles. The van der Waals surface area contributed by atoms with Crippen LogP contribution in [0.3, 0.4) is 0 Å². The Morgan fingerprint density at radius 3 is 2.25 bits per heavy atom. The molecule has 0 aliphatic rings. The van der Waals surface area contributed by atoms with Crippen molar-refractivity contribution in [2.75, 3.05) is 0 Å². The Hall–Kier alpha value is -0.860. The first-order valence-corrected chi connectivity index (χ1v) is 2.17. The standard InChI is InChI=1S/C5H8NO2/c1-4(2)6-8-5(3)7/h1H2,2-3H3. The van der Waals surface area contributed by atoms with Crippen molar-refractivity contribution in [3.63, 3.8) is 0 Å². The summed E-state index contributed by atoms with van der Waals surface area (Å²) in [6.45, 7) is 6.31. The second-order valence-electron chi connectivity index (χ2n) is 1.41. The van der Waals surface area contributed by atoms with E-state index in [1.54, 1.807) is 6.92 Å². The van der Waals surface area contributed by atoms with Crippen molar-refractivity contribution in [1.82, 2.24) is 0 Å².